The number of nitrogens with zero attached hydrogens (tertiary/aromatic N) is 1. The maximum atomic E-state index is 13.1. The lowest BCUT2D eigenvalue weighted by Gasteiger charge is -2.09. The molecule has 5 heteroatoms. The smallest absolute Gasteiger partial charge is 0.327 e. The Morgan fingerprint density at radius 1 is 1.19 bits per heavy atom. The van der Waals surface area contributed by atoms with Gasteiger partial charge in [0.15, 0.2) is 0 Å². The van der Waals surface area contributed by atoms with E-state index in [9.17, 15) is 9.18 Å². The molecule has 0 amide bonds. The third-order valence-electron chi connectivity index (χ3n) is 2.84. The minimum absolute atomic E-state index is 0.131. The van der Waals surface area contributed by atoms with Gasteiger partial charge in [-0.15, -0.1) is 0 Å². The molecule has 0 N–H and O–H groups in total. The Balaban J connectivity index is 2.46. The fourth-order valence-electron chi connectivity index (χ4n) is 1.80. The van der Waals surface area contributed by atoms with Crippen molar-refractivity contribution in [2.45, 2.75) is 0 Å². The molecule has 2 rings (SSSR count). The molecule has 0 radical (unpaired) electrons. The summed E-state index contributed by atoms with van der Waals surface area (Å²) in [5.74, 6) is -0.799. The van der Waals surface area contributed by atoms with Gasteiger partial charge in [-0.05, 0) is 30.3 Å². The molecule has 0 fully saturated rings. The van der Waals surface area contributed by atoms with Crippen LogP contribution >= 0.6 is 11.6 Å². The summed E-state index contributed by atoms with van der Waals surface area (Å²) in [7, 11) is 1.30. The summed E-state index contributed by atoms with van der Waals surface area (Å²) in [4.78, 5) is 15.6. The molecule has 0 bridgehead atoms. The molecule has 21 heavy (non-hydrogen) atoms. The number of methoxy groups -OCH3 is 1. The number of carbonyl (C=O) groups is 1. The highest BCUT2D eigenvalue weighted by atomic mass is 35.5. The van der Waals surface area contributed by atoms with Crippen molar-refractivity contribution in [3.05, 3.63) is 70.5 Å². The van der Waals surface area contributed by atoms with Crippen LogP contribution in [0.5, 0.6) is 0 Å². The molecule has 0 aliphatic heterocycles. The highest BCUT2D eigenvalue weighted by Gasteiger charge is 2.11. The van der Waals surface area contributed by atoms with E-state index in [4.69, 9.17) is 11.6 Å². The molecule has 0 aromatic heterocycles. The first-order valence-electron chi connectivity index (χ1n) is 6.24. The Kier molecular flexibility index (Phi) is 5.06. The number of rotatable bonds is 4. The topological polar surface area (TPSA) is 38.7 Å². The lowest BCUT2D eigenvalue weighted by Crippen LogP contribution is -2.10. The van der Waals surface area contributed by atoms with Gasteiger partial charge in [0.05, 0.1) is 12.8 Å². The normalized spacial score (nSPS) is 11.3. The van der Waals surface area contributed by atoms with E-state index < -0.39 is 5.97 Å². The van der Waals surface area contributed by atoms with Gasteiger partial charge >= 0.3 is 5.97 Å². The van der Waals surface area contributed by atoms with Gasteiger partial charge < -0.3 is 4.74 Å². The van der Waals surface area contributed by atoms with Crippen molar-refractivity contribution in [3.8, 4) is 0 Å². The predicted octanol–water partition coefficient (Wildman–Crippen LogP) is 3.49. The van der Waals surface area contributed by atoms with Gasteiger partial charge in [0, 0.05) is 16.1 Å². The van der Waals surface area contributed by atoms with Crippen molar-refractivity contribution in [1.29, 1.82) is 0 Å². The van der Waals surface area contributed by atoms with Gasteiger partial charge in [0.1, 0.15) is 12.4 Å². The molecule has 2 aromatic rings. The standard InChI is InChI=1S/C16H13ClFNO2/c1-21-15(20)10-19-16(11-6-8-12(18)9-7-11)13-4-2-3-5-14(13)17/h2-9H,10H2,1H3. The first-order chi connectivity index (χ1) is 10.1. The maximum Gasteiger partial charge on any atom is 0.327 e. The Bertz CT molecular complexity index is 668. The second kappa shape index (κ2) is 6.99. The van der Waals surface area contributed by atoms with Crippen LogP contribution in [0.4, 0.5) is 4.39 Å². The molecule has 0 atom stereocenters. The van der Waals surface area contributed by atoms with Gasteiger partial charge in [-0.3, -0.25) is 9.79 Å². The predicted molar refractivity (Wildman–Crippen MR) is 80.4 cm³/mol. The van der Waals surface area contributed by atoms with Gasteiger partial charge in [-0.2, -0.15) is 0 Å². The van der Waals surface area contributed by atoms with Crippen LogP contribution in [0.2, 0.25) is 5.02 Å². The average Bonchev–Trinajstić information content (AvgIpc) is 2.50. The third kappa shape index (κ3) is 3.89. The molecule has 108 valence electrons. The van der Waals surface area contributed by atoms with Crippen molar-refractivity contribution in [3.63, 3.8) is 0 Å². The van der Waals surface area contributed by atoms with E-state index >= 15 is 0 Å². The van der Waals surface area contributed by atoms with E-state index in [1.54, 1.807) is 30.3 Å². The number of esters is 1. The minimum Gasteiger partial charge on any atom is -0.468 e. The minimum atomic E-state index is -0.457. The SMILES string of the molecule is COC(=O)CN=C(c1ccc(F)cc1)c1ccccc1Cl. The van der Waals surface area contributed by atoms with E-state index in [1.807, 2.05) is 6.07 Å². The molecule has 0 heterocycles. The Morgan fingerprint density at radius 3 is 2.48 bits per heavy atom. The summed E-state index contributed by atoms with van der Waals surface area (Å²) >= 11 is 6.18. The van der Waals surface area contributed by atoms with E-state index in [0.29, 0.717) is 21.9 Å². The summed E-state index contributed by atoms with van der Waals surface area (Å²) in [6.07, 6.45) is 0. The van der Waals surface area contributed by atoms with Crippen molar-refractivity contribution in [1.82, 2.24) is 0 Å². The van der Waals surface area contributed by atoms with Crippen LogP contribution in [0.1, 0.15) is 11.1 Å². The lowest BCUT2D eigenvalue weighted by molar-refractivity contribution is -0.138. The first-order valence-corrected chi connectivity index (χ1v) is 6.61. The van der Waals surface area contributed by atoms with Crippen LogP contribution in [0, 0.1) is 5.82 Å². The molecular formula is C16H13ClFNO2. The van der Waals surface area contributed by atoms with Crippen LogP contribution in [0.25, 0.3) is 0 Å². The molecule has 0 spiro atoms. The summed E-state index contributed by atoms with van der Waals surface area (Å²) in [5, 5.41) is 0.505. The van der Waals surface area contributed by atoms with Crippen molar-refractivity contribution in [2.75, 3.05) is 13.7 Å². The summed E-state index contributed by atoms with van der Waals surface area (Å²) < 4.78 is 17.6. The van der Waals surface area contributed by atoms with Crippen LogP contribution < -0.4 is 0 Å². The first kappa shape index (κ1) is 15.2. The largest absolute Gasteiger partial charge is 0.468 e. The Hall–Kier alpha value is -2.20. The van der Waals surface area contributed by atoms with Gasteiger partial charge in [0.25, 0.3) is 0 Å². The van der Waals surface area contributed by atoms with Crippen molar-refractivity contribution in [2.24, 2.45) is 4.99 Å². The van der Waals surface area contributed by atoms with Crippen molar-refractivity contribution < 1.29 is 13.9 Å². The molecule has 0 saturated carbocycles. The molecule has 0 aliphatic carbocycles. The number of aliphatic imine (C=N–C) groups is 1. The second-order valence-corrected chi connectivity index (χ2v) is 4.63. The van der Waals surface area contributed by atoms with Crippen molar-refractivity contribution >= 4 is 23.3 Å². The highest BCUT2D eigenvalue weighted by molar-refractivity contribution is 6.35. The van der Waals surface area contributed by atoms with E-state index in [0.717, 1.165) is 0 Å². The average molecular weight is 306 g/mol. The zero-order valence-electron chi connectivity index (χ0n) is 11.3. The molecular weight excluding hydrogens is 293 g/mol. The number of hydrogen-bond acceptors (Lipinski definition) is 3. The molecule has 0 aliphatic rings. The van der Waals surface area contributed by atoms with Gasteiger partial charge in [-0.25, -0.2) is 4.39 Å². The van der Waals surface area contributed by atoms with Crippen LogP contribution in [-0.2, 0) is 9.53 Å². The molecule has 0 saturated heterocycles. The number of hydrogen-bond donors (Lipinski definition) is 0. The Morgan fingerprint density at radius 2 is 1.86 bits per heavy atom. The number of benzene rings is 2. The summed E-state index contributed by atoms with van der Waals surface area (Å²) in [6, 6.07) is 13.0. The lowest BCUT2D eigenvalue weighted by atomic mass is 10.0. The quantitative estimate of drug-likeness (QED) is 0.640. The fourth-order valence-corrected chi connectivity index (χ4v) is 2.03. The molecule has 2 aromatic carbocycles. The fraction of sp³-hybridized carbons (Fsp3) is 0.125. The number of carbonyl (C=O) groups excluding carboxylic acids is 1. The number of ether oxygens (including phenoxy) is 1. The van der Waals surface area contributed by atoms with E-state index in [-0.39, 0.29) is 12.4 Å². The Labute approximate surface area is 127 Å². The molecule has 0 unspecified atom stereocenters. The van der Waals surface area contributed by atoms with E-state index in [1.165, 1.54) is 19.2 Å². The maximum absolute atomic E-state index is 13.1. The zero-order valence-corrected chi connectivity index (χ0v) is 12.1. The molecule has 3 nitrogen and oxygen atoms in total. The number of halogens is 2. The zero-order chi connectivity index (χ0) is 15.2. The highest BCUT2D eigenvalue weighted by Crippen LogP contribution is 2.20. The van der Waals surface area contributed by atoms with Crippen LogP contribution in [-0.4, -0.2) is 25.3 Å². The van der Waals surface area contributed by atoms with Crippen LogP contribution in [0.3, 0.4) is 0 Å². The van der Waals surface area contributed by atoms with Crippen LogP contribution in [0.15, 0.2) is 53.5 Å². The second-order valence-electron chi connectivity index (χ2n) is 4.23. The van der Waals surface area contributed by atoms with Gasteiger partial charge in [-0.1, -0.05) is 29.8 Å². The summed E-state index contributed by atoms with van der Waals surface area (Å²) in [6.45, 7) is -0.131. The third-order valence-corrected chi connectivity index (χ3v) is 3.17. The summed E-state index contributed by atoms with van der Waals surface area (Å²) in [5.41, 5.74) is 1.87. The van der Waals surface area contributed by atoms with E-state index in [2.05, 4.69) is 9.73 Å². The monoisotopic (exact) mass is 305 g/mol. The van der Waals surface area contributed by atoms with Gasteiger partial charge in [0.2, 0.25) is 0 Å².